The summed E-state index contributed by atoms with van der Waals surface area (Å²) in [7, 11) is 3.50. The maximum absolute atomic E-state index is 12.3. The van der Waals surface area contributed by atoms with Crippen molar-refractivity contribution in [2.24, 2.45) is 5.92 Å². The highest BCUT2D eigenvalue weighted by Gasteiger charge is 2.28. The molecule has 138 valence electrons. The predicted molar refractivity (Wildman–Crippen MR) is 104 cm³/mol. The van der Waals surface area contributed by atoms with Crippen LogP contribution in [-0.2, 0) is 10.5 Å². The maximum Gasteiger partial charge on any atom is 0.319 e. The summed E-state index contributed by atoms with van der Waals surface area (Å²) in [5, 5.41) is 3.04. The van der Waals surface area contributed by atoms with E-state index in [1.165, 1.54) is 5.56 Å². The summed E-state index contributed by atoms with van der Waals surface area (Å²) in [6.07, 6.45) is 2.73. The molecule has 1 fully saturated rings. The van der Waals surface area contributed by atoms with Crippen LogP contribution >= 0.6 is 11.8 Å². The van der Waals surface area contributed by atoms with E-state index in [-0.39, 0.29) is 17.9 Å². The van der Waals surface area contributed by atoms with Crippen LogP contribution < -0.4 is 5.32 Å². The van der Waals surface area contributed by atoms with Crippen molar-refractivity contribution in [2.45, 2.75) is 25.0 Å². The highest BCUT2D eigenvalue weighted by molar-refractivity contribution is 7.98. The van der Waals surface area contributed by atoms with Gasteiger partial charge in [-0.3, -0.25) is 4.79 Å². The monoisotopic (exact) mass is 363 g/mol. The normalized spacial score (nSPS) is 17.2. The van der Waals surface area contributed by atoms with E-state index >= 15 is 0 Å². The lowest BCUT2D eigenvalue weighted by Gasteiger charge is -2.33. The predicted octanol–water partition coefficient (Wildman–Crippen LogP) is 2.82. The van der Waals surface area contributed by atoms with Crippen LogP contribution in [0.3, 0.4) is 0 Å². The van der Waals surface area contributed by atoms with Gasteiger partial charge in [0.2, 0.25) is 5.91 Å². The molecular formula is C19H29N3O2S. The number of likely N-dealkylation sites (tertiary alicyclic amines) is 1. The SMILES string of the molecule is CN(C)C(=O)N1CCC[C@H](C(=O)NCCCSCc2ccccc2)C1. The zero-order valence-electron chi connectivity index (χ0n) is 15.2. The molecule has 1 aliphatic heterocycles. The minimum absolute atomic E-state index is 0.00480. The molecule has 0 unspecified atom stereocenters. The minimum atomic E-state index is -0.0744. The van der Waals surface area contributed by atoms with Crippen LogP contribution in [-0.4, -0.2) is 61.2 Å². The molecule has 0 radical (unpaired) electrons. The number of carbonyl (C=O) groups is 2. The Kier molecular flexibility index (Phi) is 8.12. The zero-order chi connectivity index (χ0) is 18.1. The fourth-order valence-electron chi connectivity index (χ4n) is 2.94. The Morgan fingerprint density at radius 1 is 1.28 bits per heavy atom. The Bertz CT molecular complexity index is 551. The number of hydrogen-bond acceptors (Lipinski definition) is 3. The van der Waals surface area contributed by atoms with Gasteiger partial charge in [0.1, 0.15) is 0 Å². The van der Waals surface area contributed by atoms with E-state index in [9.17, 15) is 9.59 Å². The molecule has 1 aliphatic rings. The van der Waals surface area contributed by atoms with E-state index in [1.807, 2.05) is 17.8 Å². The lowest BCUT2D eigenvalue weighted by atomic mass is 9.97. The molecule has 0 aromatic heterocycles. The average Bonchev–Trinajstić information content (AvgIpc) is 2.64. The number of rotatable bonds is 7. The molecule has 0 bridgehead atoms. The van der Waals surface area contributed by atoms with Crippen LogP contribution in [0.1, 0.15) is 24.8 Å². The number of hydrogen-bond donors (Lipinski definition) is 1. The summed E-state index contributed by atoms with van der Waals surface area (Å²) in [6.45, 7) is 1.99. The van der Waals surface area contributed by atoms with E-state index in [1.54, 1.807) is 23.9 Å². The third-order valence-electron chi connectivity index (χ3n) is 4.32. The van der Waals surface area contributed by atoms with Gasteiger partial charge in [0, 0.05) is 39.5 Å². The molecular weight excluding hydrogens is 334 g/mol. The Balaban J connectivity index is 1.60. The molecule has 5 nitrogen and oxygen atoms in total. The average molecular weight is 364 g/mol. The molecule has 0 spiro atoms. The molecule has 1 aromatic rings. The fraction of sp³-hybridized carbons (Fsp3) is 0.579. The van der Waals surface area contributed by atoms with Gasteiger partial charge < -0.3 is 15.1 Å². The molecule has 0 aliphatic carbocycles. The first-order chi connectivity index (χ1) is 12.1. The lowest BCUT2D eigenvalue weighted by Crippen LogP contribution is -2.48. The number of benzene rings is 1. The van der Waals surface area contributed by atoms with Crippen LogP contribution in [0, 0.1) is 5.92 Å². The molecule has 1 atom stereocenters. The van der Waals surface area contributed by atoms with Crippen molar-refractivity contribution in [1.29, 1.82) is 0 Å². The highest BCUT2D eigenvalue weighted by atomic mass is 32.2. The topological polar surface area (TPSA) is 52.7 Å². The number of urea groups is 1. The Hall–Kier alpha value is -1.69. The number of carbonyl (C=O) groups excluding carboxylic acids is 2. The summed E-state index contributed by atoms with van der Waals surface area (Å²) < 4.78 is 0. The molecule has 25 heavy (non-hydrogen) atoms. The largest absolute Gasteiger partial charge is 0.356 e. The summed E-state index contributed by atoms with van der Waals surface area (Å²) in [4.78, 5) is 27.7. The van der Waals surface area contributed by atoms with Crippen molar-refractivity contribution in [2.75, 3.05) is 39.5 Å². The van der Waals surface area contributed by atoms with Crippen LogP contribution in [0.5, 0.6) is 0 Å². The highest BCUT2D eigenvalue weighted by Crippen LogP contribution is 2.18. The summed E-state index contributed by atoms with van der Waals surface area (Å²) in [5.41, 5.74) is 1.34. The fourth-order valence-corrected chi connectivity index (χ4v) is 3.86. The molecule has 1 saturated heterocycles. The van der Waals surface area contributed by atoms with Gasteiger partial charge in [-0.2, -0.15) is 11.8 Å². The zero-order valence-corrected chi connectivity index (χ0v) is 16.1. The number of amides is 3. The van der Waals surface area contributed by atoms with Gasteiger partial charge in [0.05, 0.1) is 5.92 Å². The van der Waals surface area contributed by atoms with Crippen molar-refractivity contribution >= 4 is 23.7 Å². The number of nitrogens with zero attached hydrogens (tertiary/aromatic N) is 2. The van der Waals surface area contributed by atoms with Crippen molar-refractivity contribution in [3.8, 4) is 0 Å². The number of thioether (sulfide) groups is 1. The summed E-state index contributed by atoms with van der Waals surface area (Å²) >= 11 is 1.89. The first kappa shape index (κ1) is 19.6. The Morgan fingerprint density at radius 2 is 2.04 bits per heavy atom. The van der Waals surface area contributed by atoms with Crippen molar-refractivity contribution in [3.63, 3.8) is 0 Å². The van der Waals surface area contributed by atoms with Crippen molar-refractivity contribution < 1.29 is 9.59 Å². The van der Waals surface area contributed by atoms with Gasteiger partial charge in [0.25, 0.3) is 0 Å². The van der Waals surface area contributed by atoms with Gasteiger partial charge in [-0.25, -0.2) is 4.79 Å². The van der Waals surface area contributed by atoms with E-state index in [4.69, 9.17) is 0 Å². The van der Waals surface area contributed by atoms with E-state index in [0.29, 0.717) is 13.1 Å². The second kappa shape index (κ2) is 10.3. The minimum Gasteiger partial charge on any atom is -0.356 e. The van der Waals surface area contributed by atoms with Gasteiger partial charge in [0.15, 0.2) is 0 Å². The Morgan fingerprint density at radius 3 is 2.76 bits per heavy atom. The Labute approximate surface area is 155 Å². The summed E-state index contributed by atoms with van der Waals surface area (Å²) in [5.74, 6) is 2.06. The van der Waals surface area contributed by atoms with Crippen molar-refractivity contribution in [1.82, 2.24) is 15.1 Å². The smallest absolute Gasteiger partial charge is 0.319 e. The number of piperidine rings is 1. The van der Waals surface area contributed by atoms with Crippen LogP contribution in [0.25, 0.3) is 0 Å². The van der Waals surface area contributed by atoms with Crippen LogP contribution in [0.15, 0.2) is 30.3 Å². The molecule has 1 heterocycles. The third-order valence-corrected chi connectivity index (χ3v) is 5.44. The van der Waals surface area contributed by atoms with Gasteiger partial charge in [-0.05, 0) is 30.6 Å². The molecule has 3 amide bonds. The second-order valence-corrected chi connectivity index (χ2v) is 7.75. The van der Waals surface area contributed by atoms with Crippen LogP contribution in [0.2, 0.25) is 0 Å². The van der Waals surface area contributed by atoms with E-state index in [2.05, 4.69) is 29.6 Å². The third kappa shape index (κ3) is 6.61. The molecule has 6 heteroatoms. The van der Waals surface area contributed by atoms with Gasteiger partial charge in [-0.15, -0.1) is 0 Å². The van der Waals surface area contributed by atoms with E-state index < -0.39 is 0 Å². The van der Waals surface area contributed by atoms with Gasteiger partial charge in [-0.1, -0.05) is 30.3 Å². The van der Waals surface area contributed by atoms with E-state index in [0.717, 1.165) is 37.3 Å². The molecule has 0 saturated carbocycles. The molecule has 1 N–H and O–H groups in total. The first-order valence-corrected chi connectivity index (χ1v) is 10.1. The number of nitrogens with one attached hydrogen (secondary N) is 1. The van der Waals surface area contributed by atoms with Crippen LogP contribution in [0.4, 0.5) is 4.79 Å². The molecule has 1 aromatic carbocycles. The molecule has 2 rings (SSSR count). The second-order valence-electron chi connectivity index (χ2n) is 6.64. The lowest BCUT2D eigenvalue weighted by molar-refractivity contribution is -0.126. The maximum atomic E-state index is 12.3. The van der Waals surface area contributed by atoms with Crippen molar-refractivity contribution in [3.05, 3.63) is 35.9 Å². The standard InChI is InChI=1S/C19H29N3O2S/c1-21(2)19(24)22-12-6-10-17(14-22)18(23)20-11-7-13-25-15-16-8-4-3-5-9-16/h3-5,8-9,17H,6-7,10-15H2,1-2H3,(H,20,23)/t17-/m0/s1. The van der Waals surface area contributed by atoms with Gasteiger partial charge >= 0.3 is 6.03 Å². The first-order valence-electron chi connectivity index (χ1n) is 8.93. The summed E-state index contributed by atoms with van der Waals surface area (Å²) in [6, 6.07) is 10.4. The quantitative estimate of drug-likeness (QED) is 0.758.